The average molecular weight is 300 g/mol. The van der Waals surface area contributed by atoms with Crippen LogP contribution in [-0.2, 0) is 0 Å². The first-order chi connectivity index (χ1) is 9.67. The molecule has 1 unspecified atom stereocenters. The largest absolute Gasteiger partial charge is 0.463 e. The molecule has 7 heteroatoms. The van der Waals surface area contributed by atoms with Crippen molar-refractivity contribution in [2.24, 2.45) is 5.92 Å². The number of rotatable bonds is 6. The number of anilines is 1. The summed E-state index contributed by atoms with van der Waals surface area (Å²) in [6.07, 6.45) is 3.38. The van der Waals surface area contributed by atoms with Gasteiger partial charge in [0, 0.05) is 13.1 Å². The second-order valence-corrected chi connectivity index (χ2v) is 5.55. The van der Waals surface area contributed by atoms with Crippen molar-refractivity contribution >= 4 is 17.5 Å². The lowest BCUT2D eigenvalue weighted by molar-refractivity contribution is 0.217. The average Bonchev–Trinajstić information content (AvgIpc) is 2.42. The normalized spacial score (nSPS) is 19.9. The molecule has 1 saturated heterocycles. The Morgan fingerprint density at radius 1 is 1.40 bits per heavy atom. The van der Waals surface area contributed by atoms with Crippen LogP contribution in [0.2, 0.25) is 5.28 Å². The van der Waals surface area contributed by atoms with E-state index in [9.17, 15) is 0 Å². The topological polar surface area (TPSA) is 63.2 Å². The van der Waals surface area contributed by atoms with Crippen LogP contribution in [0.25, 0.3) is 0 Å². The van der Waals surface area contributed by atoms with Crippen LogP contribution in [0, 0.1) is 5.92 Å². The van der Waals surface area contributed by atoms with Gasteiger partial charge < -0.3 is 15.0 Å². The van der Waals surface area contributed by atoms with Gasteiger partial charge in [-0.15, -0.1) is 0 Å². The number of aromatic nitrogens is 3. The number of hydrogen-bond donors (Lipinski definition) is 1. The Bertz CT molecular complexity index is 431. The second-order valence-electron chi connectivity index (χ2n) is 5.21. The van der Waals surface area contributed by atoms with Crippen LogP contribution in [0.4, 0.5) is 5.95 Å². The van der Waals surface area contributed by atoms with Crippen molar-refractivity contribution in [3.8, 4) is 6.01 Å². The number of hydrogen-bond acceptors (Lipinski definition) is 6. The first kappa shape index (κ1) is 15.3. The molecule has 1 atom stereocenters. The van der Waals surface area contributed by atoms with Crippen molar-refractivity contribution in [2.45, 2.75) is 26.2 Å². The highest BCUT2D eigenvalue weighted by Crippen LogP contribution is 2.16. The van der Waals surface area contributed by atoms with Gasteiger partial charge in [0.05, 0.1) is 6.61 Å². The Labute approximate surface area is 124 Å². The van der Waals surface area contributed by atoms with Gasteiger partial charge in [0.2, 0.25) is 11.2 Å². The maximum Gasteiger partial charge on any atom is 0.322 e. The predicted octanol–water partition coefficient (Wildman–Crippen LogP) is 2.07. The van der Waals surface area contributed by atoms with Crippen LogP contribution in [0.15, 0.2) is 0 Å². The van der Waals surface area contributed by atoms with Crippen molar-refractivity contribution in [1.29, 1.82) is 0 Å². The summed E-state index contributed by atoms with van der Waals surface area (Å²) >= 11 is 5.88. The fourth-order valence-electron chi connectivity index (χ4n) is 2.34. The smallest absolute Gasteiger partial charge is 0.322 e. The van der Waals surface area contributed by atoms with Crippen molar-refractivity contribution in [1.82, 2.24) is 19.9 Å². The summed E-state index contributed by atoms with van der Waals surface area (Å²) in [6.45, 7) is 5.74. The van der Waals surface area contributed by atoms with Gasteiger partial charge in [0.15, 0.2) is 0 Å². The lowest BCUT2D eigenvalue weighted by Gasteiger charge is -2.29. The Hall–Kier alpha value is -1.14. The van der Waals surface area contributed by atoms with E-state index >= 15 is 0 Å². The molecule has 0 saturated carbocycles. The minimum Gasteiger partial charge on any atom is -0.463 e. The van der Waals surface area contributed by atoms with Crippen molar-refractivity contribution in [3.05, 3.63) is 5.28 Å². The molecule has 1 fully saturated rings. The lowest BCUT2D eigenvalue weighted by atomic mass is 9.99. The highest BCUT2D eigenvalue weighted by molar-refractivity contribution is 6.28. The molecule has 1 aromatic rings. The van der Waals surface area contributed by atoms with E-state index in [-0.39, 0.29) is 11.3 Å². The number of nitrogens with one attached hydrogen (secondary N) is 1. The Balaban J connectivity index is 1.89. The maximum absolute atomic E-state index is 5.88. The van der Waals surface area contributed by atoms with Crippen LogP contribution >= 0.6 is 11.6 Å². The molecule has 112 valence electrons. The van der Waals surface area contributed by atoms with E-state index < -0.39 is 0 Å². The van der Waals surface area contributed by atoms with Crippen LogP contribution in [0.3, 0.4) is 0 Å². The number of piperidine rings is 1. The molecule has 0 aromatic carbocycles. The van der Waals surface area contributed by atoms with Gasteiger partial charge in [0.25, 0.3) is 0 Å². The lowest BCUT2D eigenvalue weighted by Crippen LogP contribution is -2.35. The fraction of sp³-hybridized carbons (Fsp3) is 0.769. The zero-order valence-corrected chi connectivity index (χ0v) is 12.9. The van der Waals surface area contributed by atoms with Crippen LogP contribution < -0.4 is 10.1 Å². The van der Waals surface area contributed by atoms with E-state index in [0.29, 0.717) is 18.5 Å². The molecule has 1 aliphatic heterocycles. The third kappa shape index (κ3) is 4.76. The summed E-state index contributed by atoms with van der Waals surface area (Å²) in [5, 5.41) is 3.40. The monoisotopic (exact) mass is 299 g/mol. The summed E-state index contributed by atoms with van der Waals surface area (Å²) in [7, 11) is 2.16. The van der Waals surface area contributed by atoms with Gasteiger partial charge in [-0.25, -0.2) is 0 Å². The third-order valence-corrected chi connectivity index (χ3v) is 3.46. The first-order valence-corrected chi connectivity index (χ1v) is 7.52. The molecule has 20 heavy (non-hydrogen) atoms. The van der Waals surface area contributed by atoms with Gasteiger partial charge in [0.1, 0.15) is 0 Å². The SMILES string of the molecule is CCCOc1nc(Cl)nc(NCC2CCCN(C)C2)n1. The number of halogens is 1. The Kier molecular flexibility index (Phi) is 5.79. The standard InChI is InChI=1S/C13H22ClN5O/c1-3-7-20-13-17-11(14)16-12(18-13)15-8-10-5-4-6-19(2)9-10/h10H,3-9H2,1-2H3,(H,15,16,17,18). The summed E-state index contributed by atoms with van der Waals surface area (Å²) in [4.78, 5) is 14.6. The summed E-state index contributed by atoms with van der Waals surface area (Å²) < 4.78 is 5.39. The molecule has 0 spiro atoms. The summed E-state index contributed by atoms with van der Waals surface area (Å²) in [6, 6.07) is 0.287. The molecule has 1 aliphatic rings. The van der Waals surface area contributed by atoms with Crippen molar-refractivity contribution in [3.63, 3.8) is 0 Å². The quantitative estimate of drug-likeness (QED) is 0.867. The molecule has 1 aromatic heterocycles. The van der Waals surface area contributed by atoms with Gasteiger partial charge in [-0.3, -0.25) is 0 Å². The van der Waals surface area contributed by atoms with E-state index in [0.717, 1.165) is 19.5 Å². The zero-order chi connectivity index (χ0) is 14.4. The molecule has 0 radical (unpaired) electrons. The van der Waals surface area contributed by atoms with E-state index in [2.05, 4.69) is 32.2 Å². The minimum atomic E-state index is 0.161. The van der Waals surface area contributed by atoms with Crippen LogP contribution in [0.1, 0.15) is 26.2 Å². The molecule has 6 nitrogen and oxygen atoms in total. The third-order valence-electron chi connectivity index (χ3n) is 3.29. The van der Waals surface area contributed by atoms with E-state index in [1.807, 2.05) is 6.92 Å². The molecule has 2 heterocycles. The molecule has 2 rings (SSSR count). The molecular formula is C13H22ClN5O. The van der Waals surface area contributed by atoms with E-state index in [1.54, 1.807) is 0 Å². The van der Waals surface area contributed by atoms with Gasteiger partial charge in [-0.1, -0.05) is 6.92 Å². The van der Waals surface area contributed by atoms with Crippen LogP contribution in [-0.4, -0.2) is 53.1 Å². The predicted molar refractivity (Wildman–Crippen MR) is 79.3 cm³/mol. The van der Waals surface area contributed by atoms with Gasteiger partial charge >= 0.3 is 6.01 Å². The second kappa shape index (κ2) is 7.59. The fourth-order valence-corrected chi connectivity index (χ4v) is 2.50. The summed E-state index contributed by atoms with van der Waals surface area (Å²) in [5.74, 6) is 1.11. The number of ether oxygens (including phenoxy) is 1. The first-order valence-electron chi connectivity index (χ1n) is 7.14. The number of nitrogens with zero attached hydrogens (tertiary/aromatic N) is 4. The maximum atomic E-state index is 5.88. The summed E-state index contributed by atoms with van der Waals surface area (Å²) in [5.41, 5.74) is 0. The minimum absolute atomic E-state index is 0.161. The highest BCUT2D eigenvalue weighted by atomic mass is 35.5. The van der Waals surface area contributed by atoms with E-state index in [4.69, 9.17) is 16.3 Å². The van der Waals surface area contributed by atoms with E-state index in [1.165, 1.54) is 19.4 Å². The van der Waals surface area contributed by atoms with Gasteiger partial charge in [-0.05, 0) is 50.4 Å². The molecule has 0 bridgehead atoms. The molecule has 1 N–H and O–H groups in total. The Morgan fingerprint density at radius 2 is 2.25 bits per heavy atom. The molecular weight excluding hydrogens is 278 g/mol. The zero-order valence-electron chi connectivity index (χ0n) is 12.1. The van der Waals surface area contributed by atoms with Crippen molar-refractivity contribution in [2.75, 3.05) is 38.6 Å². The highest BCUT2D eigenvalue weighted by Gasteiger charge is 2.17. The molecule has 0 amide bonds. The van der Waals surface area contributed by atoms with Crippen molar-refractivity contribution < 1.29 is 4.74 Å². The van der Waals surface area contributed by atoms with Gasteiger partial charge in [-0.2, -0.15) is 15.0 Å². The van der Waals surface area contributed by atoms with Crippen LogP contribution in [0.5, 0.6) is 6.01 Å². The Morgan fingerprint density at radius 3 is 3.00 bits per heavy atom. The molecule has 0 aliphatic carbocycles. The number of likely N-dealkylation sites (tertiary alicyclic amines) is 1.